The smallest absolute Gasteiger partial charge is 0.411 e. The summed E-state index contributed by atoms with van der Waals surface area (Å²) in [5, 5.41) is 5.81. The topological polar surface area (TPSA) is 83.6 Å². The summed E-state index contributed by atoms with van der Waals surface area (Å²) in [5.41, 5.74) is 0.551. The number of cyclic esters (lactones) is 1. The van der Waals surface area contributed by atoms with Crippen LogP contribution in [0.2, 0.25) is 0 Å². The molecule has 2 atom stereocenters. The highest BCUT2D eigenvalue weighted by molar-refractivity contribution is 5.79. The Morgan fingerprint density at radius 2 is 2.06 bits per heavy atom. The Kier molecular flexibility index (Phi) is 7.02. The van der Waals surface area contributed by atoms with Crippen molar-refractivity contribution in [3.05, 3.63) is 83.7 Å². The van der Waals surface area contributed by atoms with Gasteiger partial charge in [0.2, 0.25) is 5.91 Å². The van der Waals surface area contributed by atoms with Crippen molar-refractivity contribution in [2.75, 3.05) is 19.6 Å². The maximum Gasteiger partial charge on any atom is 0.411 e. The first-order valence-electron chi connectivity index (χ1n) is 11.0. The number of nitrogens with zero attached hydrogens (tertiary/aromatic N) is 2. The van der Waals surface area contributed by atoms with Crippen LogP contribution in [0.15, 0.2) is 66.8 Å². The second-order valence-electron chi connectivity index (χ2n) is 8.42. The van der Waals surface area contributed by atoms with E-state index in [2.05, 4.69) is 15.6 Å². The van der Waals surface area contributed by atoms with E-state index >= 15 is 4.39 Å². The average molecular weight is 469 g/mol. The Balaban J connectivity index is 1.56. The summed E-state index contributed by atoms with van der Waals surface area (Å²) in [6.45, 7) is 2.08. The van der Waals surface area contributed by atoms with Gasteiger partial charge in [-0.05, 0) is 11.6 Å². The fourth-order valence-corrected chi connectivity index (χ4v) is 4.23. The molecule has 0 radical (unpaired) electrons. The number of carbonyl (C=O) groups excluding carboxylic acids is 2. The van der Waals surface area contributed by atoms with Gasteiger partial charge in [0.1, 0.15) is 17.7 Å². The molecule has 4 rings (SSSR count). The van der Waals surface area contributed by atoms with Gasteiger partial charge < -0.3 is 15.4 Å². The van der Waals surface area contributed by atoms with E-state index in [9.17, 15) is 14.0 Å². The molecule has 1 aromatic heterocycles. The zero-order chi connectivity index (χ0) is 24.1. The molecule has 0 spiro atoms. The van der Waals surface area contributed by atoms with Gasteiger partial charge in [-0.15, -0.1) is 0 Å². The van der Waals surface area contributed by atoms with E-state index in [0.29, 0.717) is 11.1 Å². The van der Waals surface area contributed by atoms with Crippen LogP contribution in [0.25, 0.3) is 5.57 Å². The Bertz CT molecular complexity index is 1120. The number of nitrogens with one attached hydrogen (secondary N) is 2. The number of rotatable bonds is 8. The van der Waals surface area contributed by atoms with Gasteiger partial charge in [-0.3, -0.25) is 14.7 Å². The Labute approximate surface area is 196 Å². The molecular weight excluding hydrogens is 442 g/mol. The first-order valence-corrected chi connectivity index (χ1v) is 11.0. The zero-order valence-electron chi connectivity index (χ0n) is 18.8. The number of carbonyl (C=O) groups is 2. The second-order valence-corrected chi connectivity index (χ2v) is 8.42. The quantitative estimate of drug-likeness (QED) is 0.621. The molecular formula is C25H26F2N4O3. The van der Waals surface area contributed by atoms with Crippen LogP contribution in [0, 0.1) is 5.82 Å². The average Bonchev–Trinajstić information content (AvgIpc) is 3.21. The Morgan fingerprint density at radius 3 is 2.76 bits per heavy atom. The van der Waals surface area contributed by atoms with Crippen molar-refractivity contribution in [1.82, 2.24) is 20.5 Å². The largest absolute Gasteiger partial charge is 0.442 e. The molecule has 1 aromatic carbocycles. The molecule has 0 saturated carbocycles. The van der Waals surface area contributed by atoms with E-state index in [1.165, 1.54) is 18.0 Å². The standard InChI is InChI=1S/C25H26F2N4O3/c1-17(32)30-13-20-15-31(24(33)34-20)25(16-29-12-19-8-10-28-14-23(19)27)9-7-21(22(26)11-25)18-5-3-2-4-6-18/h2-10,14,20,29H,11-13,15-16H2,1H3,(H,30,32)/t20-,25?/m0/s1. The molecule has 178 valence electrons. The number of aromatic nitrogens is 1. The number of ether oxygens (including phenoxy) is 1. The van der Waals surface area contributed by atoms with Crippen molar-refractivity contribution in [3.63, 3.8) is 0 Å². The molecule has 2 aromatic rings. The van der Waals surface area contributed by atoms with E-state index in [-0.39, 0.29) is 44.3 Å². The molecule has 2 amide bonds. The van der Waals surface area contributed by atoms with Crippen LogP contribution in [-0.2, 0) is 16.1 Å². The third-order valence-corrected chi connectivity index (χ3v) is 5.99. The van der Waals surface area contributed by atoms with Gasteiger partial charge in [0.25, 0.3) is 0 Å². The molecule has 34 heavy (non-hydrogen) atoms. The number of allylic oxidation sites excluding steroid dienone is 2. The minimum absolute atomic E-state index is 0.0679. The molecule has 9 heteroatoms. The maximum atomic E-state index is 15.5. The lowest BCUT2D eigenvalue weighted by atomic mass is 9.84. The van der Waals surface area contributed by atoms with E-state index < -0.39 is 23.6 Å². The van der Waals surface area contributed by atoms with Gasteiger partial charge in [0.05, 0.1) is 24.8 Å². The van der Waals surface area contributed by atoms with E-state index in [4.69, 9.17) is 4.74 Å². The number of halogens is 2. The highest BCUT2D eigenvalue weighted by atomic mass is 19.1. The third-order valence-electron chi connectivity index (χ3n) is 5.99. The summed E-state index contributed by atoms with van der Waals surface area (Å²) in [4.78, 5) is 29.3. The molecule has 7 nitrogen and oxygen atoms in total. The summed E-state index contributed by atoms with van der Waals surface area (Å²) in [6, 6.07) is 10.7. The van der Waals surface area contributed by atoms with Crippen molar-refractivity contribution in [2.45, 2.75) is 31.5 Å². The summed E-state index contributed by atoms with van der Waals surface area (Å²) >= 11 is 0. The predicted molar refractivity (Wildman–Crippen MR) is 123 cm³/mol. The SMILES string of the molecule is CC(=O)NC[C@H]1CN(C2(CNCc3ccncc3F)C=CC(c3ccccc3)=C(F)C2)C(=O)O1. The molecule has 1 unspecified atom stereocenters. The number of benzene rings is 1. The van der Waals surface area contributed by atoms with Crippen LogP contribution in [0.4, 0.5) is 13.6 Å². The molecule has 0 bridgehead atoms. The lowest BCUT2D eigenvalue weighted by Crippen LogP contribution is -2.55. The van der Waals surface area contributed by atoms with Gasteiger partial charge in [0.15, 0.2) is 0 Å². The molecule has 1 aliphatic heterocycles. The number of hydrogen-bond donors (Lipinski definition) is 2. The van der Waals surface area contributed by atoms with Crippen molar-refractivity contribution >= 4 is 17.6 Å². The highest BCUT2D eigenvalue weighted by Gasteiger charge is 2.46. The molecule has 2 aliphatic rings. The predicted octanol–water partition coefficient (Wildman–Crippen LogP) is 3.35. The van der Waals surface area contributed by atoms with Gasteiger partial charge in [-0.25, -0.2) is 13.6 Å². The Hall–Kier alpha value is -3.59. The normalized spacial score (nSPS) is 22.1. The summed E-state index contributed by atoms with van der Waals surface area (Å²) < 4.78 is 34.9. The van der Waals surface area contributed by atoms with E-state index in [1.54, 1.807) is 18.2 Å². The lowest BCUT2D eigenvalue weighted by molar-refractivity contribution is -0.119. The molecule has 1 fully saturated rings. The highest BCUT2D eigenvalue weighted by Crippen LogP contribution is 2.38. The molecule has 1 saturated heterocycles. The van der Waals surface area contributed by atoms with Crippen LogP contribution >= 0.6 is 0 Å². The zero-order valence-corrected chi connectivity index (χ0v) is 18.8. The molecule has 2 heterocycles. The van der Waals surface area contributed by atoms with Crippen LogP contribution in [-0.4, -0.2) is 53.2 Å². The molecule has 1 aliphatic carbocycles. The maximum absolute atomic E-state index is 15.5. The minimum Gasteiger partial charge on any atom is -0.442 e. The van der Waals surface area contributed by atoms with Crippen LogP contribution < -0.4 is 10.6 Å². The van der Waals surface area contributed by atoms with E-state index in [1.807, 2.05) is 30.3 Å². The third kappa shape index (κ3) is 5.14. The number of pyridine rings is 1. The van der Waals surface area contributed by atoms with Crippen molar-refractivity contribution < 1.29 is 23.1 Å². The van der Waals surface area contributed by atoms with Gasteiger partial charge in [0, 0.05) is 43.8 Å². The van der Waals surface area contributed by atoms with Gasteiger partial charge in [-0.2, -0.15) is 0 Å². The van der Waals surface area contributed by atoms with Crippen LogP contribution in [0.3, 0.4) is 0 Å². The second kappa shape index (κ2) is 10.1. The summed E-state index contributed by atoms with van der Waals surface area (Å²) in [7, 11) is 0. The van der Waals surface area contributed by atoms with E-state index in [0.717, 1.165) is 11.8 Å². The number of amides is 2. The lowest BCUT2D eigenvalue weighted by Gasteiger charge is -2.40. The fraction of sp³-hybridized carbons (Fsp3) is 0.320. The van der Waals surface area contributed by atoms with Crippen molar-refractivity contribution in [1.29, 1.82) is 0 Å². The van der Waals surface area contributed by atoms with Gasteiger partial charge in [-0.1, -0.05) is 42.5 Å². The first-order chi connectivity index (χ1) is 16.4. The molecule has 2 N–H and O–H groups in total. The summed E-state index contributed by atoms with van der Waals surface area (Å²) in [5.74, 6) is -1.04. The summed E-state index contributed by atoms with van der Waals surface area (Å²) in [6.07, 6.45) is 4.89. The Morgan fingerprint density at radius 1 is 1.26 bits per heavy atom. The first kappa shape index (κ1) is 23.6. The van der Waals surface area contributed by atoms with Crippen LogP contribution in [0.5, 0.6) is 0 Å². The number of hydrogen-bond acceptors (Lipinski definition) is 5. The monoisotopic (exact) mass is 468 g/mol. The minimum atomic E-state index is -1.06. The fourth-order valence-electron chi connectivity index (χ4n) is 4.23. The van der Waals surface area contributed by atoms with Crippen molar-refractivity contribution in [2.24, 2.45) is 0 Å². The van der Waals surface area contributed by atoms with Gasteiger partial charge >= 0.3 is 6.09 Å². The van der Waals surface area contributed by atoms with Crippen molar-refractivity contribution in [3.8, 4) is 0 Å². The van der Waals surface area contributed by atoms with Crippen LogP contribution in [0.1, 0.15) is 24.5 Å².